The number of urea groups is 1. The Labute approximate surface area is 207 Å². The lowest BCUT2D eigenvalue weighted by Gasteiger charge is -2.53. The topological polar surface area (TPSA) is 134 Å². The van der Waals surface area contributed by atoms with E-state index in [-0.39, 0.29) is 47.5 Å². The quantitative estimate of drug-likeness (QED) is 0.279. The first-order chi connectivity index (χ1) is 16.5. The van der Waals surface area contributed by atoms with Crippen molar-refractivity contribution < 1.29 is 41.6 Å². The van der Waals surface area contributed by atoms with Crippen molar-refractivity contribution in [1.82, 2.24) is 20.7 Å². The Balaban J connectivity index is 1.51. The summed E-state index contributed by atoms with van der Waals surface area (Å²) >= 11 is 1.91. The van der Waals surface area contributed by atoms with Gasteiger partial charge >= 0.3 is 6.03 Å². The summed E-state index contributed by atoms with van der Waals surface area (Å²) in [6.45, 7) is -1.30. The van der Waals surface area contributed by atoms with E-state index in [2.05, 4.69) is 15.8 Å². The molecule has 11 nitrogen and oxygen atoms in total. The van der Waals surface area contributed by atoms with Gasteiger partial charge in [-0.25, -0.2) is 18.0 Å². The summed E-state index contributed by atoms with van der Waals surface area (Å²) in [4.78, 5) is 53.2. The van der Waals surface area contributed by atoms with E-state index < -0.39 is 64.1 Å². The number of ether oxygens (including phenoxy) is 1. The predicted octanol–water partition coefficient (Wildman–Crippen LogP) is 0.933. The number of nitrogens with zero attached hydrogens (tertiary/aromatic N) is 3. The lowest BCUT2D eigenvalue weighted by Crippen LogP contribution is -2.74. The van der Waals surface area contributed by atoms with Gasteiger partial charge in [-0.3, -0.25) is 25.0 Å². The zero-order valence-corrected chi connectivity index (χ0v) is 19.7. The summed E-state index contributed by atoms with van der Waals surface area (Å²) in [5, 5.41) is 7.81. The van der Waals surface area contributed by atoms with E-state index in [1.807, 2.05) is 22.6 Å². The largest absolute Gasteiger partial charge is 0.364 e. The Hall–Kier alpha value is -2.95. The molecule has 15 heteroatoms. The Morgan fingerprint density at radius 1 is 1.20 bits per heavy atom. The van der Waals surface area contributed by atoms with Crippen LogP contribution in [-0.2, 0) is 20.7 Å². The minimum absolute atomic E-state index is 0.0567. The van der Waals surface area contributed by atoms with E-state index in [0.717, 1.165) is 4.90 Å². The van der Waals surface area contributed by atoms with E-state index in [0.29, 0.717) is 0 Å². The summed E-state index contributed by atoms with van der Waals surface area (Å²) < 4.78 is 52.5. The SMILES string of the molecule is O=C1NC(=O)C2(Cc3cc4c(C(=O)N5CC(F)(F)C5)noc4c(F)c3N3CCO[C@@H](I)[C@@H]32)C(=O)N1. The minimum atomic E-state index is -3.01. The number of imide groups is 2. The number of benzene rings is 1. The summed E-state index contributed by atoms with van der Waals surface area (Å²) in [5.74, 6) is -6.44. The number of carbonyl (C=O) groups excluding carboxylic acids is 4. The molecule has 184 valence electrons. The molecule has 1 spiro atoms. The number of hydrogen-bond donors (Lipinski definition) is 2. The van der Waals surface area contributed by atoms with Crippen molar-refractivity contribution in [2.75, 3.05) is 31.1 Å². The van der Waals surface area contributed by atoms with Crippen LogP contribution in [0.3, 0.4) is 0 Å². The number of nitrogens with one attached hydrogen (secondary N) is 2. The van der Waals surface area contributed by atoms with Crippen LogP contribution in [0.4, 0.5) is 23.7 Å². The molecule has 1 aromatic carbocycles. The van der Waals surface area contributed by atoms with E-state index in [9.17, 15) is 28.0 Å². The highest BCUT2D eigenvalue weighted by molar-refractivity contribution is 14.1. The number of rotatable bonds is 1. The van der Waals surface area contributed by atoms with Gasteiger partial charge in [-0.05, 0) is 34.2 Å². The number of hydrogen-bond acceptors (Lipinski definition) is 8. The lowest BCUT2D eigenvalue weighted by molar-refractivity contribution is -0.149. The number of barbiturate groups is 1. The zero-order valence-electron chi connectivity index (χ0n) is 17.6. The molecule has 4 aliphatic rings. The van der Waals surface area contributed by atoms with Gasteiger partial charge in [-0.1, -0.05) is 5.16 Å². The normalized spacial score (nSPS) is 26.7. The fraction of sp³-hybridized carbons (Fsp3) is 0.450. The van der Waals surface area contributed by atoms with Crippen molar-refractivity contribution >= 4 is 63.0 Å². The van der Waals surface area contributed by atoms with Crippen molar-refractivity contribution in [2.24, 2.45) is 5.41 Å². The molecule has 6 rings (SSSR count). The van der Waals surface area contributed by atoms with Crippen molar-refractivity contribution in [3.05, 3.63) is 23.1 Å². The number of halogens is 4. The van der Waals surface area contributed by atoms with Gasteiger partial charge in [0.15, 0.2) is 16.9 Å². The van der Waals surface area contributed by atoms with Crippen LogP contribution >= 0.6 is 22.6 Å². The van der Waals surface area contributed by atoms with Crippen molar-refractivity contribution in [2.45, 2.75) is 22.5 Å². The number of amides is 5. The average molecular weight is 605 g/mol. The Morgan fingerprint density at radius 3 is 2.54 bits per heavy atom. The molecular formula is C20H15F3IN5O6. The summed E-state index contributed by atoms with van der Waals surface area (Å²) in [6, 6.07) is -0.552. The number of anilines is 1. The second kappa shape index (κ2) is 7.28. The number of alkyl halides is 3. The van der Waals surface area contributed by atoms with Crippen LogP contribution < -0.4 is 15.5 Å². The molecule has 5 heterocycles. The Morgan fingerprint density at radius 2 is 1.89 bits per heavy atom. The van der Waals surface area contributed by atoms with Crippen molar-refractivity contribution in [1.29, 1.82) is 0 Å². The number of morpholine rings is 1. The molecule has 5 amide bonds. The van der Waals surface area contributed by atoms with Gasteiger partial charge in [0, 0.05) is 13.0 Å². The standard InChI is InChI=1S/C20H15F3IN5O6/c21-9-11-7(3-8-10(27-35-12(8)9)15(30)28-5-19(22,23)6-28)4-20(13-14(24)34-2-1-29(11)13)16(31)25-18(33)26-17(20)32/h3,13-14H,1-2,4-6H2,(H2,25,26,31,32,33)/t13-,14-/m1/s1. The van der Waals surface area contributed by atoms with E-state index in [1.165, 1.54) is 11.0 Å². The van der Waals surface area contributed by atoms with Gasteiger partial charge in [0.05, 0.1) is 36.8 Å². The molecule has 35 heavy (non-hydrogen) atoms. The molecule has 4 aliphatic heterocycles. The second-order valence-corrected chi connectivity index (χ2v) is 10.1. The Bertz CT molecular complexity index is 1320. The number of carbonyl (C=O) groups is 4. The summed E-state index contributed by atoms with van der Waals surface area (Å²) in [5.41, 5.74) is -2.29. The fourth-order valence-corrected chi connectivity index (χ4v) is 6.52. The van der Waals surface area contributed by atoms with Gasteiger partial charge < -0.3 is 19.1 Å². The van der Waals surface area contributed by atoms with Gasteiger partial charge in [0.25, 0.3) is 11.8 Å². The average Bonchev–Trinajstić information content (AvgIpc) is 3.19. The second-order valence-electron chi connectivity index (χ2n) is 8.87. The van der Waals surface area contributed by atoms with Gasteiger partial charge in [0.1, 0.15) is 4.11 Å². The highest BCUT2D eigenvalue weighted by Gasteiger charge is 2.63. The van der Waals surface area contributed by atoms with E-state index in [4.69, 9.17) is 9.26 Å². The molecule has 1 aromatic heterocycles. The van der Waals surface area contributed by atoms with Crippen LogP contribution in [0.15, 0.2) is 10.6 Å². The summed E-state index contributed by atoms with van der Waals surface area (Å²) in [7, 11) is 0. The highest BCUT2D eigenvalue weighted by atomic mass is 127. The van der Waals surface area contributed by atoms with Gasteiger partial charge in [0.2, 0.25) is 17.4 Å². The Kier molecular flexibility index (Phi) is 4.68. The van der Waals surface area contributed by atoms with Crippen LogP contribution in [0.25, 0.3) is 11.0 Å². The molecule has 0 aliphatic carbocycles. The van der Waals surface area contributed by atoms with Crippen LogP contribution in [-0.4, -0.2) is 76.1 Å². The molecular weight excluding hydrogens is 590 g/mol. The predicted molar refractivity (Wildman–Crippen MR) is 118 cm³/mol. The third kappa shape index (κ3) is 3.03. The number of fused-ring (bicyclic) bond motifs is 5. The molecule has 2 aromatic rings. The maximum absolute atomic E-state index is 15.8. The van der Waals surface area contributed by atoms with Gasteiger partial charge in [-0.15, -0.1) is 0 Å². The summed E-state index contributed by atoms with van der Waals surface area (Å²) in [6.07, 6.45) is -0.315. The third-order valence-electron chi connectivity index (χ3n) is 6.81. The highest BCUT2D eigenvalue weighted by Crippen LogP contribution is 2.49. The molecule has 0 bridgehead atoms. The third-order valence-corrected chi connectivity index (χ3v) is 7.85. The molecule has 0 saturated carbocycles. The van der Waals surface area contributed by atoms with Crippen LogP contribution in [0.2, 0.25) is 0 Å². The molecule has 3 saturated heterocycles. The molecule has 2 N–H and O–H groups in total. The van der Waals surface area contributed by atoms with Crippen LogP contribution in [0.1, 0.15) is 16.1 Å². The van der Waals surface area contributed by atoms with Gasteiger partial charge in [-0.2, -0.15) is 0 Å². The van der Waals surface area contributed by atoms with Crippen LogP contribution in [0, 0.1) is 11.2 Å². The van der Waals surface area contributed by atoms with Crippen molar-refractivity contribution in [3.8, 4) is 0 Å². The first kappa shape index (κ1) is 22.5. The smallest absolute Gasteiger partial charge is 0.328 e. The zero-order chi connectivity index (χ0) is 24.9. The number of aromatic nitrogens is 1. The van der Waals surface area contributed by atoms with E-state index in [1.54, 1.807) is 0 Å². The molecule has 0 radical (unpaired) electrons. The molecule has 0 unspecified atom stereocenters. The monoisotopic (exact) mass is 605 g/mol. The maximum Gasteiger partial charge on any atom is 0.328 e. The van der Waals surface area contributed by atoms with Crippen LogP contribution in [0.5, 0.6) is 0 Å². The minimum Gasteiger partial charge on any atom is -0.364 e. The fourth-order valence-electron chi connectivity index (χ4n) is 5.26. The van der Waals surface area contributed by atoms with Crippen molar-refractivity contribution in [3.63, 3.8) is 0 Å². The molecule has 3 fully saturated rings. The maximum atomic E-state index is 15.8. The van der Waals surface area contributed by atoms with E-state index >= 15 is 4.39 Å². The molecule has 2 atom stereocenters. The first-order valence-corrected chi connectivity index (χ1v) is 11.7. The number of likely N-dealkylation sites (tertiary alicyclic amines) is 1. The first-order valence-electron chi connectivity index (χ1n) is 10.5. The lowest BCUT2D eigenvalue weighted by atomic mass is 9.68.